The molecule has 1 aliphatic rings. The highest BCUT2D eigenvalue weighted by Crippen LogP contribution is 2.22. The first-order valence-electron chi connectivity index (χ1n) is 10.2. The average Bonchev–Trinajstić information content (AvgIpc) is 2.78. The van der Waals surface area contributed by atoms with Gasteiger partial charge in [-0.1, -0.05) is 30.3 Å². The van der Waals surface area contributed by atoms with Gasteiger partial charge in [0.25, 0.3) is 0 Å². The minimum atomic E-state index is -3.73. The molecule has 2 aromatic carbocycles. The van der Waals surface area contributed by atoms with E-state index in [-0.39, 0.29) is 17.7 Å². The number of nitrogens with zero attached hydrogens (tertiary/aromatic N) is 1. The second-order valence-corrected chi connectivity index (χ2v) is 9.66. The molecule has 9 heteroatoms. The van der Waals surface area contributed by atoms with Crippen molar-refractivity contribution < 1.29 is 22.3 Å². The van der Waals surface area contributed by atoms with Crippen LogP contribution in [-0.2, 0) is 27.8 Å². The molecule has 0 aliphatic carbocycles. The van der Waals surface area contributed by atoms with Crippen LogP contribution in [0.5, 0.6) is 0 Å². The molecule has 0 amide bonds. The van der Waals surface area contributed by atoms with Crippen molar-refractivity contribution in [2.75, 3.05) is 33.3 Å². The van der Waals surface area contributed by atoms with E-state index in [0.717, 1.165) is 44.4 Å². The van der Waals surface area contributed by atoms with Crippen LogP contribution in [0.15, 0.2) is 42.5 Å². The molecular formula is C22H28FN3O4S. The molecule has 1 heterocycles. The number of rotatable bonds is 8. The van der Waals surface area contributed by atoms with Crippen LogP contribution in [0.25, 0.3) is 0 Å². The van der Waals surface area contributed by atoms with Crippen LogP contribution in [0.3, 0.4) is 0 Å². The monoisotopic (exact) mass is 449 g/mol. The summed E-state index contributed by atoms with van der Waals surface area (Å²) in [7, 11) is -2.52. The van der Waals surface area contributed by atoms with Gasteiger partial charge in [0.1, 0.15) is 5.82 Å². The van der Waals surface area contributed by atoms with Crippen LogP contribution in [0.1, 0.15) is 39.2 Å². The number of hydrogen-bond donors (Lipinski definition) is 2. The maximum absolute atomic E-state index is 14.2. The summed E-state index contributed by atoms with van der Waals surface area (Å²) in [6.45, 7) is 6.17. The van der Waals surface area contributed by atoms with Gasteiger partial charge in [-0.15, -0.1) is 0 Å². The van der Waals surface area contributed by atoms with E-state index in [1.54, 1.807) is 6.92 Å². The fraction of sp³-hybridized carbons (Fsp3) is 0.409. The standard InChI is InChI=1S/C22H28FN3O4S/c1-16(18-5-3-17(4-6-18)15-26-11-9-24-10-12-26)31(28,29)25-14-20-8-7-19(13-21(20)23)22(27)30-2/h3-8,13,16,24-25H,9-12,14-15H2,1-2H3. The molecule has 1 saturated heterocycles. The quantitative estimate of drug-likeness (QED) is 0.601. The third-order valence-corrected chi connectivity index (χ3v) is 7.22. The summed E-state index contributed by atoms with van der Waals surface area (Å²) in [5.74, 6) is -1.32. The summed E-state index contributed by atoms with van der Waals surface area (Å²) in [4.78, 5) is 13.8. The lowest BCUT2D eigenvalue weighted by Gasteiger charge is -2.27. The largest absolute Gasteiger partial charge is 0.465 e. The summed E-state index contributed by atoms with van der Waals surface area (Å²) in [5, 5.41) is 2.53. The lowest BCUT2D eigenvalue weighted by Crippen LogP contribution is -2.42. The number of ether oxygens (including phenoxy) is 1. The van der Waals surface area contributed by atoms with Crippen LogP contribution >= 0.6 is 0 Å². The number of hydrogen-bond acceptors (Lipinski definition) is 6. The third kappa shape index (κ3) is 6.10. The minimum absolute atomic E-state index is 0.0703. The lowest BCUT2D eigenvalue weighted by molar-refractivity contribution is 0.0600. The zero-order chi connectivity index (χ0) is 22.4. The van der Waals surface area contributed by atoms with Crippen molar-refractivity contribution in [3.05, 3.63) is 70.5 Å². The summed E-state index contributed by atoms with van der Waals surface area (Å²) in [6.07, 6.45) is 0. The Bertz CT molecular complexity index is 1010. The van der Waals surface area contributed by atoms with E-state index in [2.05, 4.69) is 19.7 Å². The summed E-state index contributed by atoms with van der Waals surface area (Å²) in [6, 6.07) is 11.4. The minimum Gasteiger partial charge on any atom is -0.465 e. The molecule has 0 aromatic heterocycles. The number of piperazine rings is 1. The molecule has 168 valence electrons. The van der Waals surface area contributed by atoms with Gasteiger partial charge in [0.15, 0.2) is 0 Å². The number of esters is 1. The van der Waals surface area contributed by atoms with Crippen LogP contribution in [0.2, 0.25) is 0 Å². The Balaban J connectivity index is 1.61. The SMILES string of the molecule is COC(=O)c1ccc(CNS(=O)(=O)C(C)c2ccc(CN3CCNCC3)cc2)c(F)c1. The molecule has 1 aliphatic heterocycles. The maximum Gasteiger partial charge on any atom is 0.337 e. The average molecular weight is 450 g/mol. The predicted octanol–water partition coefficient (Wildman–Crippen LogP) is 2.20. The number of carbonyl (C=O) groups excluding carboxylic acids is 1. The van der Waals surface area contributed by atoms with Crippen molar-refractivity contribution in [1.82, 2.24) is 14.9 Å². The van der Waals surface area contributed by atoms with E-state index >= 15 is 0 Å². The molecule has 31 heavy (non-hydrogen) atoms. The highest BCUT2D eigenvalue weighted by Gasteiger charge is 2.23. The van der Waals surface area contributed by atoms with Crippen LogP contribution in [0.4, 0.5) is 4.39 Å². The van der Waals surface area contributed by atoms with E-state index in [9.17, 15) is 17.6 Å². The second-order valence-electron chi connectivity index (χ2n) is 7.57. The summed E-state index contributed by atoms with van der Waals surface area (Å²) in [5.41, 5.74) is 2.02. The van der Waals surface area contributed by atoms with E-state index in [4.69, 9.17) is 0 Å². The zero-order valence-electron chi connectivity index (χ0n) is 17.7. The lowest BCUT2D eigenvalue weighted by atomic mass is 10.1. The van der Waals surface area contributed by atoms with Crippen molar-refractivity contribution in [2.45, 2.75) is 25.3 Å². The van der Waals surface area contributed by atoms with E-state index < -0.39 is 27.1 Å². The third-order valence-electron chi connectivity index (χ3n) is 5.47. The Hall–Kier alpha value is -2.33. The molecule has 2 N–H and O–H groups in total. The highest BCUT2D eigenvalue weighted by molar-refractivity contribution is 7.89. The van der Waals surface area contributed by atoms with Gasteiger partial charge in [0.2, 0.25) is 10.0 Å². The van der Waals surface area contributed by atoms with Crippen LogP contribution in [-0.4, -0.2) is 52.6 Å². The number of sulfonamides is 1. The van der Waals surface area contributed by atoms with Gasteiger partial charge in [-0.2, -0.15) is 0 Å². The molecule has 0 bridgehead atoms. The number of methoxy groups -OCH3 is 1. The normalized spacial score (nSPS) is 16.1. The molecule has 0 saturated carbocycles. The number of halogens is 1. The molecule has 1 atom stereocenters. The highest BCUT2D eigenvalue weighted by atomic mass is 32.2. The van der Waals surface area contributed by atoms with Gasteiger partial charge >= 0.3 is 5.97 Å². The van der Waals surface area contributed by atoms with Gasteiger partial charge in [0.05, 0.1) is 17.9 Å². The van der Waals surface area contributed by atoms with Crippen molar-refractivity contribution in [2.24, 2.45) is 0 Å². The van der Waals surface area contributed by atoms with Gasteiger partial charge < -0.3 is 10.1 Å². The van der Waals surface area contributed by atoms with Crippen molar-refractivity contribution in [1.29, 1.82) is 0 Å². The Labute approximate surface area is 182 Å². The molecule has 1 unspecified atom stereocenters. The molecule has 2 aromatic rings. The van der Waals surface area contributed by atoms with E-state index in [1.165, 1.54) is 19.2 Å². The number of benzene rings is 2. The van der Waals surface area contributed by atoms with Gasteiger partial charge in [-0.25, -0.2) is 22.3 Å². The topological polar surface area (TPSA) is 87.7 Å². The van der Waals surface area contributed by atoms with Crippen molar-refractivity contribution in [3.63, 3.8) is 0 Å². The van der Waals surface area contributed by atoms with E-state index in [1.807, 2.05) is 24.3 Å². The first-order valence-corrected chi connectivity index (χ1v) is 11.7. The summed E-state index contributed by atoms with van der Waals surface area (Å²) < 4.78 is 46.7. The summed E-state index contributed by atoms with van der Waals surface area (Å²) >= 11 is 0. The number of carbonyl (C=O) groups is 1. The smallest absolute Gasteiger partial charge is 0.337 e. The fourth-order valence-corrected chi connectivity index (χ4v) is 4.56. The van der Waals surface area contributed by atoms with Gasteiger partial charge in [-0.05, 0) is 30.2 Å². The molecule has 7 nitrogen and oxygen atoms in total. The predicted molar refractivity (Wildman–Crippen MR) is 117 cm³/mol. The molecule has 1 fully saturated rings. The molecule has 0 spiro atoms. The molecular weight excluding hydrogens is 421 g/mol. The Morgan fingerprint density at radius 3 is 2.48 bits per heavy atom. The molecule has 3 rings (SSSR count). The van der Waals surface area contributed by atoms with Crippen molar-refractivity contribution in [3.8, 4) is 0 Å². The fourth-order valence-electron chi connectivity index (χ4n) is 3.44. The van der Waals surface area contributed by atoms with Crippen LogP contribution in [0, 0.1) is 5.82 Å². The second kappa shape index (κ2) is 10.3. The Morgan fingerprint density at radius 1 is 1.19 bits per heavy atom. The molecule has 0 radical (unpaired) electrons. The van der Waals surface area contributed by atoms with Crippen molar-refractivity contribution >= 4 is 16.0 Å². The van der Waals surface area contributed by atoms with Gasteiger partial charge in [0, 0.05) is 44.8 Å². The van der Waals surface area contributed by atoms with Gasteiger partial charge in [-0.3, -0.25) is 4.90 Å². The Kier molecular flexibility index (Phi) is 7.77. The maximum atomic E-state index is 14.2. The zero-order valence-corrected chi connectivity index (χ0v) is 18.5. The van der Waals surface area contributed by atoms with E-state index in [0.29, 0.717) is 5.56 Å². The first-order chi connectivity index (χ1) is 14.8. The van der Waals surface area contributed by atoms with Crippen LogP contribution < -0.4 is 10.0 Å². The Morgan fingerprint density at radius 2 is 1.87 bits per heavy atom. The number of nitrogens with one attached hydrogen (secondary N) is 2. The first kappa shape index (κ1) is 23.3.